The average Bonchev–Trinajstić information content (AvgIpc) is 3.33. The number of amides is 1. The van der Waals surface area contributed by atoms with Crippen LogP contribution in [-0.2, 0) is 26.1 Å². The molecule has 1 saturated heterocycles. The van der Waals surface area contributed by atoms with Gasteiger partial charge in [-0.05, 0) is 29.8 Å². The van der Waals surface area contributed by atoms with Gasteiger partial charge >= 0.3 is 0 Å². The highest BCUT2D eigenvalue weighted by Crippen LogP contribution is 2.35. The van der Waals surface area contributed by atoms with Crippen molar-refractivity contribution < 1.29 is 17.9 Å². The Balaban J connectivity index is 1.44. The zero-order valence-corrected chi connectivity index (χ0v) is 19.8. The number of sulfonamides is 1. The summed E-state index contributed by atoms with van der Waals surface area (Å²) < 4.78 is 32.6. The molecule has 32 heavy (non-hydrogen) atoms. The fraction of sp³-hybridized carbons (Fsp3) is 0.261. The van der Waals surface area contributed by atoms with Crippen molar-refractivity contribution in [2.75, 3.05) is 26.3 Å². The van der Waals surface area contributed by atoms with Crippen LogP contribution in [0, 0.1) is 0 Å². The number of hydrogen-bond acceptors (Lipinski definition) is 6. The van der Waals surface area contributed by atoms with Crippen LogP contribution in [0.4, 0.5) is 0 Å². The Labute approximate surface area is 196 Å². The molecule has 0 saturated carbocycles. The van der Waals surface area contributed by atoms with Gasteiger partial charge in [0.25, 0.3) is 10.0 Å². The van der Waals surface area contributed by atoms with Gasteiger partial charge in [0.1, 0.15) is 9.46 Å². The summed E-state index contributed by atoms with van der Waals surface area (Å²) in [6, 6.07) is 22.8. The summed E-state index contributed by atoms with van der Waals surface area (Å²) in [6.45, 7) is 1.82. The molecule has 0 bridgehead atoms. The molecular weight excluding hydrogens is 464 g/mol. The van der Waals surface area contributed by atoms with E-state index < -0.39 is 15.3 Å². The molecule has 0 radical (unpaired) electrons. The van der Waals surface area contributed by atoms with Crippen LogP contribution in [0.25, 0.3) is 0 Å². The van der Waals surface area contributed by atoms with Crippen molar-refractivity contribution in [3.8, 4) is 0 Å². The molecule has 1 aliphatic rings. The van der Waals surface area contributed by atoms with Crippen LogP contribution < -0.4 is 5.32 Å². The Morgan fingerprint density at radius 2 is 1.66 bits per heavy atom. The van der Waals surface area contributed by atoms with E-state index in [1.54, 1.807) is 12.1 Å². The summed E-state index contributed by atoms with van der Waals surface area (Å²) in [5.41, 5.74) is 0.917. The number of rotatable bonds is 8. The molecule has 1 aromatic heterocycles. The van der Waals surface area contributed by atoms with E-state index in [4.69, 9.17) is 4.74 Å². The Hall–Kier alpha value is -2.17. The number of ether oxygens (including phenoxy) is 1. The quantitative estimate of drug-likeness (QED) is 0.487. The highest BCUT2D eigenvalue weighted by atomic mass is 32.2. The number of carbonyl (C=O) groups is 1. The number of carbonyl (C=O) groups excluding carboxylic acids is 1. The van der Waals surface area contributed by atoms with Crippen LogP contribution in [0.5, 0.6) is 0 Å². The van der Waals surface area contributed by atoms with Crippen LogP contribution in [0.2, 0.25) is 0 Å². The second-order valence-corrected chi connectivity index (χ2v) is 11.7. The third-order valence-electron chi connectivity index (χ3n) is 4.98. The second-order valence-electron chi connectivity index (χ2n) is 7.18. The molecule has 1 atom stereocenters. The van der Waals surface area contributed by atoms with Gasteiger partial charge in [0.05, 0.1) is 19.8 Å². The molecule has 1 unspecified atom stereocenters. The van der Waals surface area contributed by atoms with E-state index in [2.05, 4.69) is 5.32 Å². The summed E-state index contributed by atoms with van der Waals surface area (Å²) >= 11 is 2.69. The lowest BCUT2D eigenvalue weighted by molar-refractivity contribution is -0.120. The molecule has 1 aliphatic heterocycles. The maximum absolute atomic E-state index is 13.1. The minimum atomic E-state index is -3.52. The van der Waals surface area contributed by atoms with Crippen molar-refractivity contribution in [1.82, 2.24) is 9.62 Å². The van der Waals surface area contributed by atoms with Gasteiger partial charge in [-0.1, -0.05) is 48.5 Å². The van der Waals surface area contributed by atoms with Gasteiger partial charge in [0.15, 0.2) is 0 Å². The largest absolute Gasteiger partial charge is 0.379 e. The van der Waals surface area contributed by atoms with E-state index >= 15 is 0 Å². The lowest BCUT2D eigenvalue weighted by atomic mass is 10.1. The maximum atomic E-state index is 13.1. The van der Waals surface area contributed by atoms with E-state index in [-0.39, 0.29) is 12.5 Å². The van der Waals surface area contributed by atoms with E-state index in [1.165, 1.54) is 27.4 Å². The normalized spacial score (nSPS) is 15.9. The zero-order chi connectivity index (χ0) is 22.4. The Bertz CT molecular complexity index is 1130. The van der Waals surface area contributed by atoms with E-state index in [0.29, 0.717) is 30.5 Å². The Morgan fingerprint density at radius 1 is 1.00 bits per heavy atom. The summed E-state index contributed by atoms with van der Waals surface area (Å²) in [5, 5.41) is 2.58. The van der Waals surface area contributed by atoms with Crippen LogP contribution in [0.3, 0.4) is 0 Å². The van der Waals surface area contributed by atoms with Crippen LogP contribution >= 0.6 is 23.1 Å². The van der Waals surface area contributed by atoms with Crippen molar-refractivity contribution in [3.63, 3.8) is 0 Å². The number of benzene rings is 2. The Kier molecular flexibility index (Phi) is 7.64. The van der Waals surface area contributed by atoms with Gasteiger partial charge < -0.3 is 10.1 Å². The van der Waals surface area contributed by atoms with Crippen molar-refractivity contribution in [3.05, 3.63) is 83.2 Å². The molecule has 1 amide bonds. The lowest BCUT2D eigenvalue weighted by Gasteiger charge is -2.25. The minimum absolute atomic E-state index is 0.115. The third-order valence-corrected chi connectivity index (χ3v) is 9.69. The lowest BCUT2D eigenvalue weighted by Crippen LogP contribution is -2.40. The number of nitrogens with zero attached hydrogens (tertiary/aromatic N) is 1. The molecule has 1 fully saturated rings. The smallest absolute Gasteiger partial charge is 0.252 e. The fourth-order valence-electron chi connectivity index (χ4n) is 3.31. The number of thiophene rings is 1. The molecule has 0 spiro atoms. The predicted molar refractivity (Wildman–Crippen MR) is 127 cm³/mol. The highest BCUT2D eigenvalue weighted by Gasteiger charge is 2.28. The topological polar surface area (TPSA) is 75.7 Å². The number of morpholine rings is 1. The molecule has 168 valence electrons. The molecule has 9 heteroatoms. The highest BCUT2D eigenvalue weighted by molar-refractivity contribution is 8.00. The summed E-state index contributed by atoms with van der Waals surface area (Å²) in [4.78, 5) is 14.9. The first kappa shape index (κ1) is 23.0. The van der Waals surface area contributed by atoms with Crippen LogP contribution in [0.15, 0.2) is 81.9 Å². The van der Waals surface area contributed by atoms with E-state index in [1.807, 2.05) is 60.7 Å². The van der Waals surface area contributed by atoms with Crippen molar-refractivity contribution >= 4 is 39.0 Å². The minimum Gasteiger partial charge on any atom is -0.379 e. The number of hydrogen-bond donors (Lipinski definition) is 1. The zero-order valence-electron chi connectivity index (χ0n) is 17.3. The molecule has 4 rings (SSSR count). The van der Waals surface area contributed by atoms with Gasteiger partial charge in [0, 0.05) is 22.9 Å². The summed E-state index contributed by atoms with van der Waals surface area (Å²) in [7, 11) is -3.52. The molecule has 3 aromatic rings. The summed E-state index contributed by atoms with van der Waals surface area (Å²) in [5.74, 6) is -0.115. The molecule has 2 heterocycles. The standard InChI is InChI=1S/C23H24N2O4S3/c26-23(22(18-7-3-1-4-8-18)31-19-9-5-2-6-10-19)24-17-20-11-12-21(30-20)32(27,28)25-13-15-29-16-14-25/h1-12,22H,13-17H2,(H,24,26). The monoisotopic (exact) mass is 488 g/mol. The fourth-order valence-corrected chi connectivity index (χ4v) is 7.24. The number of thioether (sulfide) groups is 1. The SMILES string of the molecule is O=C(NCc1ccc(S(=O)(=O)N2CCOCC2)s1)C(Sc1ccccc1)c1ccccc1. The van der Waals surface area contributed by atoms with Crippen molar-refractivity contribution in [1.29, 1.82) is 0 Å². The average molecular weight is 489 g/mol. The molecule has 0 aliphatic carbocycles. The van der Waals surface area contributed by atoms with E-state index in [9.17, 15) is 13.2 Å². The van der Waals surface area contributed by atoms with Gasteiger partial charge in [-0.2, -0.15) is 4.31 Å². The predicted octanol–water partition coefficient (Wildman–Crippen LogP) is 3.92. The van der Waals surface area contributed by atoms with Crippen molar-refractivity contribution in [2.24, 2.45) is 0 Å². The van der Waals surface area contributed by atoms with Gasteiger partial charge in [-0.3, -0.25) is 4.79 Å². The van der Waals surface area contributed by atoms with Crippen LogP contribution in [-0.4, -0.2) is 44.9 Å². The van der Waals surface area contributed by atoms with Gasteiger partial charge in [-0.25, -0.2) is 8.42 Å². The molecule has 6 nitrogen and oxygen atoms in total. The molecule has 1 N–H and O–H groups in total. The van der Waals surface area contributed by atoms with Gasteiger partial charge in [0.2, 0.25) is 5.91 Å². The van der Waals surface area contributed by atoms with E-state index in [0.717, 1.165) is 15.3 Å². The second kappa shape index (κ2) is 10.6. The third kappa shape index (κ3) is 5.60. The first-order valence-electron chi connectivity index (χ1n) is 10.2. The van der Waals surface area contributed by atoms with Crippen molar-refractivity contribution in [2.45, 2.75) is 20.9 Å². The molecular formula is C23H24N2O4S3. The summed E-state index contributed by atoms with van der Waals surface area (Å²) in [6.07, 6.45) is 0. The Morgan fingerprint density at radius 3 is 2.34 bits per heavy atom. The van der Waals surface area contributed by atoms with Crippen LogP contribution in [0.1, 0.15) is 15.7 Å². The first-order valence-corrected chi connectivity index (χ1v) is 13.4. The first-order chi connectivity index (χ1) is 15.5. The maximum Gasteiger partial charge on any atom is 0.252 e. The van der Waals surface area contributed by atoms with Gasteiger partial charge in [-0.15, -0.1) is 23.1 Å². The number of nitrogens with one attached hydrogen (secondary N) is 1. The molecule has 2 aromatic carbocycles.